The molecule has 0 bridgehead atoms. The Morgan fingerprint density at radius 2 is 1.76 bits per heavy atom. The van der Waals surface area contributed by atoms with Crippen molar-refractivity contribution >= 4 is 17.7 Å². The molecule has 0 radical (unpaired) electrons. The molecule has 1 unspecified atom stereocenters. The van der Waals surface area contributed by atoms with Crippen LogP contribution in [0.15, 0.2) is 42.5 Å². The minimum atomic E-state index is -5.10. The van der Waals surface area contributed by atoms with Gasteiger partial charge in [-0.3, -0.25) is 14.5 Å². The SMILES string of the molecule is O=C(CCCC(=O)c1ccc(F)cc1)N[C@H](CN1CCC(OC(=O)C(F)(F)F)C1)[C@H](O)c1ccc2c(c1)OCCO2. The van der Waals surface area contributed by atoms with Crippen LogP contribution in [-0.4, -0.2) is 78.8 Å². The monoisotopic (exact) mass is 582 g/mol. The first-order valence-corrected chi connectivity index (χ1v) is 13.2. The zero-order valence-electron chi connectivity index (χ0n) is 22.0. The molecule has 4 rings (SSSR count). The number of ether oxygens (including phenoxy) is 3. The van der Waals surface area contributed by atoms with Gasteiger partial charge in [-0.1, -0.05) is 6.07 Å². The Kier molecular flexibility index (Phi) is 9.81. The Labute approximate surface area is 233 Å². The van der Waals surface area contributed by atoms with Crippen LogP contribution < -0.4 is 14.8 Å². The standard InChI is InChI=1S/C28H30F4N2O7/c29-19-7-4-17(5-8-19)22(35)2-1-3-25(36)33-21(16-34-11-10-20(15-34)41-27(38)28(30,31)32)26(37)18-6-9-23-24(14-18)40-13-12-39-23/h4-9,14,20-21,26,37H,1-3,10-13,15-16H2,(H,33,36)/t20?,21-,26-/m1/s1. The van der Waals surface area contributed by atoms with Crippen molar-refractivity contribution in [1.82, 2.24) is 10.2 Å². The number of likely N-dealkylation sites (tertiary alicyclic amines) is 1. The van der Waals surface area contributed by atoms with E-state index in [9.17, 15) is 37.1 Å². The highest BCUT2D eigenvalue weighted by atomic mass is 19.4. The molecule has 1 amide bonds. The van der Waals surface area contributed by atoms with Crippen molar-refractivity contribution in [2.75, 3.05) is 32.8 Å². The van der Waals surface area contributed by atoms with Gasteiger partial charge in [0.05, 0.1) is 6.04 Å². The van der Waals surface area contributed by atoms with Crippen molar-refractivity contribution in [2.24, 2.45) is 0 Å². The van der Waals surface area contributed by atoms with E-state index in [-0.39, 0.29) is 51.1 Å². The summed E-state index contributed by atoms with van der Waals surface area (Å²) >= 11 is 0. The Balaban J connectivity index is 1.39. The lowest BCUT2D eigenvalue weighted by atomic mass is 10.00. The van der Waals surface area contributed by atoms with E-state index in [0.717, 1.165) is 0 Å². The number of carbonyl (C=O) groups excluding carboxylic acids is 3. The van der Waals surface area contributed by atoms with Gasteiger partial charge in [-0.2, -0.15) is 13.2 Å². The summed E-state index contributed by atoms with van der Waals surface area (Å²) < 4.78 is 66.6. The average Bonchev–Trinajstić information content (AvgIpc) is 3.38. The van der Waals surface area contributed by atoms with E-state index in [0.29, 0.717) is 35.8 Å². The molecule has 1 saturated heterocycles. The molecular formula is C28H30F4N2O7. The Morgan fingerprint density at radius 1 is 1.05 bits per heavy atom. The van der Waals surface area contributed by atoms with Gasteiger partial charge in [-0.05, 0) is 54.8 Å². The van der Waals surface area contributed by atoms with Crippen LogP contribution in [0.3, 0.4) is 0 Å². The van der Waals surface area contributed by atoms with Gasteiger partial charge in [-0.25, -0.2) is 9.18 Å². The first-order chi connectivity index (χ1) is 19.5. The number of nitrogens with one attached hydrogen (secondary N) is 1. The quantitative estimate of drug-likeness (QED) is 0.236. The second-order valence-electron chi connectivity index (χ2n) is 9.88. The maximum absolute atomic E-state index is 13.1. The first kappa shape index (κ1) is 30.3. The number of carbonyl (C=O) groups is 3. The number of hydrogen-bond acceptors (Lipinski definition) is 8. The molecule has 2 heterocycles. The molecule has 222 valence electrons. The number of amides is 1. The van der Waals surface area contributed by atoms with Gasteiger partial charge in [0.2, 0.25) is 5.91 Å². The van der Waals surface area contributed by atoms with Crippen molar-refractivity contribution in [3.05, 3.63) is 59.4 Å². The number of aliphatic hydroxyl groups is 1. The maximum Gasteiger partial charge on any atom is 0.490 e. The third-order valence-electron chi connectivity index (χ3n) is 6.80. The van der Waals surface area contributed by atoms with Crippen LogP contribution in [0.2, 0.25) is 0 Å². The fourth-order valence-electron chi connectivity index (χ4n) is 4.72. The molecule has 0 aliphatic carbocycles. The molecule has 0 aromatic heterocycles. The molecule has 13 heteroatoms. The fourth-order valence-corrected chi connectivity index (χ4v) is 4.72. The van der Waals surface area contributed by atoms with Crippen molar-refractivity contribution in [2.45, 2.75) is 50.1 Å². The first-order valence-electron chi connectivity index (χ1n) is 13.2. The van der Waals surface area contributed by atoms with Gasteiger partial charge in [0.15, 0.2) is 17.3 Å². The lowest BCUT2D eigenvalue weighted by Gasteiger charge is -2.29. The molecule has 9 nitrogen and oxygen atoms in total. The minimum absolute atomic E-state index is 0.00573. The number of nitrogens with zero attached hydrogens (tertiary/aromatic N) is 1. The van der Waals surface area contributed by atoms with E-state index in [2.05, 4.69) is 10.1 Å². The predicted molar refractivity (Wildman–Crippen MR) is 136 cm³/mol. The van der Waals surface area contributed by atoms with Crippen molar-refractivity contribution in [3.63, 3.8) is 0 Å². The molecule has 2 aliphatic heterocycles. The molecule has 2 aromatic rings. The second-order valence-corrected chi connectivity index (χ2v) is 9.88. The number of esters is 1. The summed E-state index contributed by atoms with van der Waals surface area (Å²) in [6, 6.07) is 9.05. The number of rotatable bonds is 11. The summed E-state index contributed by atoms with van der Waals surface area (Å²) in [5, 5.41) is 14.0. The summed E-state index contributed by atoms with van der Waals surface area (Å²) in [5.41, 5.74) is 0.749. The molecule has 2 N–H and O–H groups in total. The smallest absolute Gasteiger partial charge is 0.486 e. The molecule has 0 saturated carbocycles. The summed E-state index contributed by atoms with van der Waals surface area (Å²) in [5.74, 6) is -2.49. The number of halogens is 4. The van der Waals surface area contributed by atoms with E-state index in [4.69, 9.17) is 9.47 Å². The molecule has 2 aromatic carbocycles. The third kappa shape index (κ3) is 8.40. The van der Waals surface area contributed by atoms with Crippen molar-refractivity contribution in [3.8, 4) is 11.5 Å². The summed E-state index contributed by atoms with van der Waals surface area (Å²) in [7, 11) is 0. The molecule has 41 heavy (non-hydrogen) atoms. The van der Waals surface area contributed by atoms with E-state index >= 15 is 0 Å². The number of alkyl halides is 3. The molecule has 2 aliphatic rings. The number of hydrogen-bond donors (Lipinski definition) is 2. The molecule has 3 atom stereocenters. The van der Waals surface area contributed by atoms with Crippen molar-refractivity contribution in [1.29, 1.82) is 0 Å². The lowest BCUT2D eigenvalue weighted by molar-refractivity contribution is -0.204. The van der Waals surface area contributed by atoms with E-state index in [1.165, 1.54) is 24.3 Å². The van der Waals surface area contributed by atoms with Crippen LogP contribution in [0.5, 0.6) is 11.5 Å². The molecular weight excluding hydrogens is 552 g/mol. The highest BCUT2D eigenvalue weighted by molar-refractivity contribution is 5.96. The normalized spacial score (nSPS) is 18.4. The molecule has 0 spiro atoms. The number of fused-ring (bicyclic) bond motifs is 1. The summed E-state index contributed by atoms with van der Waals surface area (Å²) in [4.78, 5) is 38.1. The van der Waals surface area contributed by atoms with Gasteiger partial charge in [-0.15, -0.1) is 0 Å². The average molecular weight is 583 g/mol. The number of benzene rings is 2. The fraction of sp³-hybridized carbons (Fsp3) is 0.464. The van der Waals surface area contributed by atoms with Crippen LogP contribution >= 0.6 is 0 Å². The Bertz CT molecular complexity index is 1240. The topological polar surface area (TPSA) is 114 Å². The van der Waals surface area contributed by atoms with Gasteiger partial charge in [0, 0.05) is 38.0 Å². The van der Waals surface area contributed by atoms with Gasteiger partial charge < -0.3 is 24.6 Å². The Hall–Kier alpha value is -3.71. The van der Waals surface area contributed by atoms with Crippen LogP contribution in [0.4, 0.5) is 17.6 Å². The predicted octanol–water partition coefficient (Wildman–Crippen LogP) is 3.35. The van der Waals surface area contributed by atoms with Crippen LogP contribution in [0, 0.1) is 5.82 Å². The van der Waals surface area contributed by atoms with Gasteiger partial charge in [0.1, 0.15) is 31.2 Å². The van der Waals surface area contributed by atoms with Gasteiger partial charge >= 0.3 is 12.1 Å². The van der Waals surface area contributed by atoms with Crippen LogP contribution in [0.1, 0.15) is 47.7 Å². The summed E-state index contributed by atoms with van der Waals surface area (Å²) in [6.45, 7) is 1.04. The largest absolute Gasteiger partial charge is 0.490 e. The third-order valence-corrected chi connectivity index (χ3v) is 6.80. The van der Waals surface area contributed by atoms with E-state index in [1.807, 2.05) is 0 Å². The van der Waals surface area contributed by atoms with E-state index < -0.39 is 42.1 Å². The maximum atomic E-state index is 13.1. The van der Waals surface area contributed by atoms with Crippen LogP contribution in [-0.2, 0) is 14.3 Å². The van der Waals surface area contributed by atoms with E-state index in [1.54, 1.807) is 23.1 Å². The highest BCUT2D eigenvalue weighted by Crippen LogP contribution is 2.34. The molecule has 1 fully saturated rings. The zero-order valence-corrected chi connectivity index (χ0v) is 22.0. The second kappa shape index (κ2) is 13.3. The number of ketones is 1. The zero-order chi connectivity index (χ0) is 29.6. The van der Waals surface area contributed by atoms with Crippen LogP contribution in [0.25, 0.3) is 0 Å². The van der Waals surface area contributed by atoms with Gasteiger partial charge in [0.25, 0.3) is 0 Å². The Morgan fingerprint density at radius 3 is 2.46 bits per heavy atom. The highest BCUT2D eigenvalue weighted by Gasteiger charge is 2.43. The minimum Gasteiger partial charge on any atom is -0.486 e. The number of Topliss-reactive ketones (excluding diaryl/α,β-unsaturated/α-hetero) is 1. The number of aliphatic hydroxyl groups excluding tert-OH is 1. The van der Waals surface area contributed by atoms with Crippen molar-refractivity contribution < 1.29 is 51.3 Å². The summed E-state index contributed by atoms with van der Waals surface area (Å²) in [6.07, 6.45) is -6.94. The lowest BCUT2D eigenvalue weighted by Crippen LogP contribution is -2.47.